The molecule has 0 aliphatic carbocycles. The lowest BCUT2D eigenvalue weighted by molar-refractivity contribution is 0.102. The molecule has 3 amide bonds. The highest BCUT2D eigenvalue weighted by Gasteiger charge is 2.13. The lowest BCUT2D eigenvalue weighted by Gasteiger charge is -2.15. The van der Waals surface area contributed by atoms with Crippen molar-refractivity contribution in [2.45, 2.75) is 13.8 Å². The topological polar surface area (TPSA) is 70.2 Å². The monoisotopic (exact) mass is 331 g/mol. The average Bonchev–Trinajstić information content (AvgIpc) is 2.51. The average molecular weight is 332 g/mol. The molecule has 0 atom stereocenters. The van der Waals surface area contributed by atoms with Gasteiger partial charge in [-0.25, -0.2) is 4.79 Å². The van der Waals surface area contributed by atoms with E-state index in [4.69, 9.17) is 11.6 Å². The maximum absolute atomic E-state index is 12.4. The molecule has 0 fully saturated rings. The van der Waals surface area contributed by atoms with Gasteiger partial charge in [-0.2, -0.15) is 0 Å². The second kappa shape index (κ2) is 7.65. The minimum atomic E-state index is -0.319. The van der Waals surface area contributed by atoms with Gasteiger partial charge >= 0.3 is 6.03 Å². The Morgan fingerprint density at radius 1 is 1.04 bits per heavy atom. The number of hydrogen-bond donors (Lipinski definition) is 3. The highest BCUT2D eigenvalue weighted by atomic mass is 35.5. The van der Waals surface area contributed by atoms with Gasteiger partial charge in [-0.1, -0.05) is 23.7 Å². The Labute approximate surface area is 140 Å². The predicted octanol–water partition coefficient (Wildman–Crippen LogP) is 4.04. The summed E-state index contributed by atoms with van der Waals surface area (Å²) < 4.78 is 0. The lowest BCUT2D eigenvalue weighted by atomic mass is 10.1. The van der Waals surface area contributed by atoms with Gasteiger partial charge in [0.1, 0.15) is 0 Å². The molecule has 0 aromatic heterocycles. The number of carbonyl (C=O) groups is 2. The Balaban J connectivity index is 2.22. The first-order valence-electron chi connectivity index (χ1n) is 7.22. The van der Waals surface area contributed by atoms with Crippen molar-refractivity contribution in [3.8, 4) is 0 Å². The molecule has 2 aromatic carbocycles. The number of halogens is 1. The third-order valence-corrected chi connectivity index (χ3v) is 3.46. The second-order valence-electron chi connectivity index (χ2n) is 4.94. The number of benzene rings is 2. The van der Waals surface area contributed by atoms with Crippen LogP contribution in [0.15, 0.2) is 42.5 Å². The lowest BCUT2D eigenvalue weighted by Crippen LogP contribution is -2.29. The van der Waals surface area contributed by atoms with Gasteiger partial charge in [-0.05, 0) is 49.7 Å². The molecule has 0 saturated heterocycles. The Morgan fingerprint density at radius 3 is 2.39 bits per heavy atom. The summed E-state index contributed by atoms with van der Waals surface area (Å²) in [4.78, 5) is 24.1. The first-order chi connectivity index (χ1) is 11.0. The SMILES string of the molecule is CCNC(=O)Nc1cccc(C)c1NC(=O)c1ccc(Cl)cc1. The molecule has 3 N–H and O–H groups in total. The van der Waals surface area contributed by atoms with Crippen molar-refractivity contribution in [3.63, 3.8) is 0 Å². The van der Waals surface area contributed by atoms with E-state index in [2.05, 4.69) is 16.0 Å². The van der Waals surface area contributed by atoms with Crippen LogP contribution < -0.4 is 16.0 Å². The zero-order chi connectivity index (χ0) is 16.8. The molecule has 0 unspecified atom stereocenters. The summed E-state index contributed by atoms with van der Waals surface area (Å²) in [5.74, 6) is -0.269. The first-order valence-corrected chi connectivity index (χ1v) is 7.60. The zero-order valence-electron chi connectivity index (χ0n) is 12.9. The summed E-state index contributed by atoms with van der Waals surface area (Å²) in [7, 11) is 0. The van der Waals surface area contributed by atoms with Crippen molar-refractivity contribution in [1.29, 1.82) is 0 Å². The van der Waals surface area contributed by atoms with Gasteiger partial charge in [-0.3, -0.25) is 4.79 Å². The van der Waals surface area contributed by atoms with Crippen molar-refractivity contribution in [3.05, 3.63) is 58.6 Å². The first kappa shape index (κ1) is 16.8. The largest absolute Gasteiger partial charge is 0.338 e. The highest BCUT2D eigenvalue weighted by molar-refractivity contribution is 6.30. The standard InChI is InChI=1S/C17H18ClN3O2/c1-3-19-17(23)20-14-6-4-5-11(2)15(14)21-16(22)12-7-9-13(18)10-8-12/h4-10H,3H2,1-2H3,(H,21,22)(H2,19,20,23). The van der Waals surface area contributed by atoms with Crippen LogP contribution in [-0.2, 0) is 0 Å². The number of para-hydroxylation sites is 1. The van der Waals surface area contributed by atoms with Gasteiger partial charge in [0.05, 0.1) is 11.4 Å². The van der Waals surface area contributed by atoms with Crippen molar-refractivity contribution in [1.82, 2.24) is 5.32 Å². The molecule has 0 saturated carbocycles. The molecule has 0 bridgehead atoms. The van der Waals surface area contributed by atoms with Crippen LogP contribution in [0.2, 0.25) is 5.02 Å². The van der Waals surface area contributed by atoms with Crippen molar-refractivity contribution in [2.75, 3.05) is 17.2 Å². The van der Waals surface area contributed by atoms with Crippen LogP contribution in [0.5, 0.6) is 0 Å². The quantitative estimate of drug-likeness (QED) is 0.791. The number of nitrogens with one attached hydrogen (secondary N) is 3. The fourth-order valence-corrected chi connectivity index (χ4v) is 2.18. The van der Waals surface area contributed by atoms with E-state index in [0.29, 0.717) is 28.5 Å². The maximum atomic E-state index is 12.4. The number of anilines is 2. The fraction of sp³-hybridized carbons (Fsp3) is 0.176. The number of aryl methyl sites for hydroxylation is 1. The van der Waals surface area contributed by atoms with Crippen LogP contribution in [-0.4, -0.2) is 18.5 Å². The molecular weight excluding hydrogens is 314 g/mol. The Morgan fingerprint density at radius 2 is 1.74 bits per heavy atom. The predicted molar refractivity (Wildman–Crippen MR) is 93.3 cm³/mol. The van der Waals surface area contributed by atoms with Gasteiger partial charge in [-0.15, -0.1) is 0 Å². The van der Waals surface area contributed by atoms with E-state index < -0.39 is 0 Å². The summed E-state index contributed by atoms with van der Waals surface area (Å²) in [6, 6.07) is 11.7. The molecule has 2 rings (SSSR count). The van der Waals surface area contributed by atoms with Crippen molar-refractivity contribution in [2.24, 2.45) is 0 Å². The molecule has 0 heterocycles. The Bertz CT molecular complexity index is 714. The number of carbonyl (C=O) groups excluding carboxylic acids is 2. The maximum Gasteiger partial charge on any atom is 0.319 e. The van der Waals surface area contributed by atoms with Gasteiger partial charge in [0, 0.05) is 17.1 Å². The number of hydrogen-bond acceptors (Lipinski definition) is 2. The van der Waals surface area contributed by atoms with E-state index in [-0.39, 0.29) is 11.9 Å². The van der Waals surface area contributed by atoms with Crippen LogP contribution in [0.3, 0.4) is 0 Å². The molecule has 6 heteroatoms. The van der Waals surface area contributed by atoms with Gasteiger partial charge < -0.3 is 16.0 Å². The molecule has 2 aromatic rings. The summed E-state index contributed by atoms with van der Waals surface area (Å²) in [5, 5.41) is 8.79. The number of rotatable bonds is 4. The van der Waals surface area contributed by atoms with E-state index in [1.54, 1.807) is 30.3 Å². The second-order valence-corrected chi connectivity index (χ2v) is 5.38. The summed E-state index contributed by atoms with van der Waals surface area (Å²) in [6.45, 7) is 4.21. The molecule has 120 valence electrons. The number of amides is 3. The molecule has 0 aliphatic rings. The molecule has 23 heavy (non-hydrogen) atoms. The third-order valence-electron chi connectivity index (χ3n) is 3.20. The molecule has 5 nitrogen and oxygen atoms in total. The zero-order valence-corrected chi connectivity index (χ0v) is 13.7. The summed E-state index contributed by atoms with van der Waals surface area (Å²) >= 11 is 5.83. The van der Waals surface area contributed by atoms with E-state index in [1.807, 2.05) is 26.0 Å². The highest BCUT2D eigenvalue weighted by Crippen LogP contribution is 2.26. The Kier molecular flexibility index (Phi) is 5.60. The van der Waals surface area contributed by atoms with E-state index in [1.165, 1.54) is 0 Å². The summed E-state index contributed by atoms with van der Waals surface area (Å²) in [6.07, 6.45) is 0. The molecular formula is C17H18ClN3O2. The van der Waals surface area contributed by atoms with Crippen molar-refractivity contribution < 1.29 is 9.59 Å². The van der Waals surface area contributed by atoms with Crippen LogP contribution >= 0.6 is 11.6 Å². The fourth-order valence-electron chi connectivity index (χ4n) is 2.05. The molecule has 0 radical (unpaired) electrons. The smallest absolute Gasteiger partial charge is 0.319 e. The minimum absolute atomic E-state index is 0.269. The van der Waals surface area contributed by atoms with E-state index in [0.717, 1.165) is 5.56 Å². The van der Waals surface area contributed by atoms with E-state index >= 15 is 0 Å². The minimum Gasteiger partial charge on any atom is -0.338 e. The van der Waals surface area contributed by atoms with E-state index in [9.17, 15) is 9.59 Å². The summed E-state index contributed by atoms with van der Waals surface area (Å²) in [5.41, 5.74) is 2.44. The normalized spacial score (nSPS) is 10.0. The third kappa shape index (κ3) is 4.47. The van der Waals surface area contributed by atoms with Crippen LogP contribution in [0.4, 0.5) is 16.2 Å². The number of urea groups is 1. The van der Waals surface area contributed by atoms with Crippen LogP contribution in [0, 0.1) is 6.92 Å². The molecule has 0 aliphatic heterocycles. The van der Waals surface area contributed by atoms with Gasteiger partial charge in [0.15, 0.2) is 0 Å². The Hall–Kier alpha value is -2.53. The molecule has 0 spiro atoms. The van der Waals surface area contributed by atoms with Gasteiger partial charge in [0.25, 0.3) is 5.91 Å². The van der Waals surface area contributed by atoms with Crippen LogP contribution in [0.1, 0.15) is 22.8 Å². The van der Waals surface area contributed by atoms with Crippen molar-refractivity contribution >= 4 is 34.9 Å². The van der Waals surface area contributed by atoms with Gasteiger partial charge in [0.2, 0.25) is 0 Å². The van der Waals surface area contributed by atoms with Crippen LogP contribution in [0.25, 0.3) is 0 Å².